The average Bonchev–Trinajstić information content (AvgIpc) is 3.23. The summed E-state index contributed by atoms with van der Waals surface area (Å²) in [7, 11) is 0. The van der Waals surface area contributed by atoms with E-state index < -0.39 is 29.1 Å². The van der Waals surface area contributed by atoms with Crippen molar-refractivity contribution in [2.45, 2.75) is 45.2 Å². The molecule has 8 heteroatoms. The van der Waals surface area contributed by atoms with Crippen molar-refractivity contribution < 1.29 is 18.4 Å². The molecule has 0 spiro atoms. The minimum Gasteiger partial charge on any atom is -0.343 e. The predicted molar refractivity (Wildman–Crippen MR) is 117 cm³/mol. The van der Waals surface area contributed by atoms with Crippen LogP contribution in [0.3, 0.4) is 0 Å². The maximum atomic E-state index is 14.0. The van der Waals surface area contributed by atoms with E-state index in [1.807, 2.05) is 13.8 Å². The van der Waals surface area contributed by atoms with E-state index in [1.165, 1.54) is 25.1 Å². The van der Waals surface area contributed by atoms with E-state index in [1.54, 1.807) is 6.07 Å². The standard InChI is InChI=1S/C23H26ClF2N3O2/c1-14(30)27-16-7-8-17(18(24)13-16)22(31)28-21(15-6-9-19(25)20(26)12-15)23(2,3)29-10-4-5-11-29/h6-9,12-13,21H,4-5,10-11H2,1-3H3,(H,27,30)(H,28,31)/t21-/m0/s1. The molecule has 2 aromatic carbocycles. The summed E-state index contributed by atoms with van der Waals surface area (Å²) in [5.41, 5.74) is 0.610. The lowest BCUT2D eigenvalue weighted by atomic mass is 9.86. The van der Waals surface area contributed by atoms with Crippen molar-refractivity contribution in [3.63, 3.8) is 0 Å². The van der Waals surface area contributed by atoms with Crippen LogP contribution in [0, 0.1) is 11.6 Å². The summed E-state index contributed by atoms with van der Waals surface area (Å²) in [5.74, 6) is -2.60. The van der Waals surface area contributed by atoms with E-state index in [2.05, 4.69) is 15.5 Å². The highest BCUT2D eigenvalue weighted by Crippen LogP contribution is 2.35. The second-order valence-corrected chi connectivity index (χ2v) is 8.71. The highest BCUT2D eigenvalue weighted by atomic mass is 35.5. The number of benzene rings is 2. The number of anilines is 1. The zero-order valence-electron chi connectivity index (χ0n) is 17.8. The van der Waals surface area contributed by atoms with Gasteiger partial charge in [0.2, 0.25) is 5.91 Å². The normalized spacial score (nSPS) is 15.5. The molecule has 1 atom stereocenters. The maximum absolute atomic E-state index is 14.0. The quantitative estimate of drug-likeness (QED) is 0.657. The van der Waals surface area contributed by atoms with E-state index in [4.69, 9.17) is 11.6 Å². The van der Waals surface area contributed by atoms with Crippen molar-refractivity contribution >= 4 is 29.1 Å². The minimum atomic E-state index is -0.966. The third-order valence-electron chi connectivity index (χ3n) is 5.71. The first-order valence-electron chi connectivity index (χ1n) is 10.2. The Balaban J connectivity index is 1.93. The van der Waals surface area contributed by atoms with Crippen LogP contribution in [-0.2, 0) is 4.79 Å². The molecular formula is C23H26ClF2N3O2. The number of nitrogens with zero attached hydrogens (tertiary/aromatic N) is 1. The van der Waals surface area contributed by atoms with Crippen molar-refractivity contribution in [3.05, 3.63) is 64.2 Å². The molecule has 0 radical (unpaired) electrons. The van der Waals surface area contributed by atoms with Gasteiger partial charge in [0, 0.05) is 18.2 Å². The van der Waals surface area contributed by atoms with E-state index in [0.29, 0.717) is 11.3 Å². The first kappa shape index (κ1) is 23.2. The fourth-order valence-corrected chi connectivity index (χ4v) is 4.29. The summed E-state index contributed by atoms with van der Waals surface area (Å²) in [6.45, 7) is 7.05. The Labute approximate surface area is 185 Å². The predicted octanol–water partition coefficient (Wildman–Crippen LogP) is 4.92. The van der Waals surface area contributed by atoms with Crippen molar-refractivity contribution in [2.24, 2.45) is 0 Å². The lowest BCUT2D eigenvalue weighted by molar-refractivity contribution is -0.114. The van der Waals surface area contributed by atoms with Crippen LogP contribution in [0.4, 0.5) is 14.5 Å². The third kappa shape index (κ3) is 5.22. The Hall–Kier alpha value is -2.51. The number of carbonyl (C=O) groups is 2. The summed E-state index contributed by atoms with van der Waals surface area (Å²) in [6.07, 6.45) is 2.08. The zero-order chi connectivity index (χ0) is 22.8. The lowest BCUT2D eigenvalue weighted by Crippen LogP contribution is -2.52. The Morgan fingerprint density at radius 3 is 2.32 bits per heavy atom. The highest BCUT2D eigenvalue weighted by molar-refractivity contribution is 6.34. The molecule has 0 saturated carbocycles. The average molecular weight is 450 g/mol. The van der Waals surface area contributed by atoms with Gasteiger partial charge in [0.15, 0.2) is 11.6 Å². The Kier molecular flexibility index (Phi) is 6.96. The number of carbonyl (C=O) groups excluding carboxylic acids is 2. The largest absolute Gasteiger partial charge is 0.343 e. The highest BCUT2D eigenvalue weighted by Gasteiger charge is 2.39. The molecular weight excluding hydrogens is 424 g/mol. The van der Waals surface area contributed by atoms with Gasteiger partial charge in [0.1, 0.15) is 0 Å². The molecule has 0 aromatic heterocycles. The summed E-state index contributed by atoms with van der Waals surface area (Å²) in [6, 6.07) is 7.67. The fourth-order valence-electron chi connectivity index (χ4n) is 4.02. The molecule has 1 saturated heterocycles. The second kappa shape index (κ2) is 9.32. The summed E-state index contributed by atoms with van der Waals surface area (Å²) in [5, 5.41) is 5.76. The van der Waals surface area contributed by atoms with Crippen LogP contribution in [0.2, 0.25) is 5.02 Å². The number of rotatable bonds is 6. The van der Waals surface area contributed by atoms with Crippen molar-refractivity contribution in [3.8, 4) is 0 Å². The number of hydrogen-bond acceptors (Lipinski definition) is 3. The van der Waals surface area contributed by atoms with Gasteiger partial charge in [-0.05, 0) is 75.7 Å². The molecule has 31 heavy (non-hydrogen) atoms. The van der Waals surface area contributed by atoms with Crippen molar-refractivity contribution in [2.75, 3.05) is 18.4 Å². The maximum Gasteiger partial charge on any atom is 0.253 e. The summed E-state index contributed by atoms with van der Waals surface area (Å²) in [4.78, 5) is 26.6. The second-order valence-electron chi connectivity index (χ2n) is 8.30. The van der Waals surface area contributed by atoms with Crippen molar-refractivity contribution in [1.29, 1.82) is 0 Å². The Bertz CT molecular complexity index is 991. The van der Waals surface area contributed by atoms with E-state index in [-0.39, 0.29) is 16.5 Å². The first-order valence-corrected chi connectivity index (χ1v) is 10.6. The molecule has 5 nitrogen and oxygen atoms in total. The van der Waals surface area contributed by atoms with E-state index >= 15 is 0 Å². The Morgan fingerprint density at radius 2 is 1.74 bits per heavy atom. The van der Waals surface area contributed by atoms with Gasteiger partial charge in [-0.25, -0.2) is 8.78 Å². The summed E-state index contributed by atoms with van der Waals surface area (Å²) >= 11 is 6.29. The van der Waals surface area contributed by atoms with Crippen LogP contribution in [0.15, 0.2) is 36.4 Å². The van der Waals surface area contributed by atoms with Gasteiger partial charge < -0.3 is 10.6 Å². The molecule has 0 bridgehead atoms. The minimum absolute atomic E-state index is 0.173. The molecule has 0 aliphatic carbocycles. The van der Waals surface area contributed by atoms with E-state index in [0.717, 1.165) is 38.1 Å². The molecule has 0 unspecified atom stereocenters. The van der Waals surface area contributed by atoms with Crippen LogP contribution in [-0.4, -0.2) is 35.3 Å². The van der Waals surface area contributed by atoms with Crippen LogP contribution in [0.5, 0.6) is 0 Å². The van der Waals surface area contributed by atoms with Gasteiger partial charge >= 0.3 is 0 Å². The zero-order valence-corrected chi connectivity index (χ0v) is 18.5. The number of hydrogen-bond donors (Lipinski definition) is 2. The molecule has 2 N–H and O–H groups in total. The van der Waals surface area contributed by atoms with Gasteiger partial charge in [0.05, 0.1) is 16.6 Å². The SMILES string of the molecule is CC(=O)Nc1ccc(C(=O)N[C@@H](c2ccc(F)c(F)c2)C(C)(C)N2CCCC2)c(Cl)c1. The van der Waals surface area contributed by atoms with Crippen LogP contribution in [0.25, 0.3) is 0 Å². The third-order valence-corrected chi connectivity index (χ3v) is 6.03. The molecule has 1 aliphatic heterocycles. The molecule has 1 aliphatic rings. The molecule has 3 rings (SSSR count). The topological polar surface area (TPSA) is 61.4 Å². The smallest absolute Gasteiger partial charge is 0.253 e. The van der Waals surface area contributed by atoms with Gasteiger partial charge in [-0.15, -0.1) is 0 Å². The van der Waals surface area contributed by atoms with Gasteiger partial charge in [0.25, 0.3) is 5.91 Å². The fraction of sp³-hybridized carbons (Fsp3) is 0.391. The van der Waals surface area contributed by atoms with Gasteiger partial charge in [-0.1, -0.05) is 17.7 Å². The summed E-state index contributed by atoms with van der Waals surface area (Å²) < 4.78 is 27.6. The van der Waals surface area contributed by atoms with E-state index in [9.17, 15) is 18.4 Å². The lowest BCUT2D eigenvalue weighted by Gasteiger charge is -2.42. The van der Waals surface area contributed by atoms with Crippen LogP contribution < -0.4 is 10.6 Å². The Morgan fingerprint density at radius 1 is 1.06 bits per heavy atom. The molecule has 2 aromatic rings. The molecule has 1 heterocycles. The number of likely N-dealkylation sites (tertiary alicyclic amines) is 1. The van der Waals surface area contributed by atoms with Crippen LogP contribution in [0.1, 0.15) is 55.6 Å². The number of amides is 2. The first-order chi connectivity index (χ1) is 14.6. The molecule has 166 valence electrons. The number of halogens is 3. The van der Waals surface area contributed by atoms with Gasteiger partial charge in [-0.2, -0.15) is 0 Å². The molecule has 1 fully saturated rings. The monoisotopic (exact) mass is 449 g/mol. The van der Waals surface area contributed by atoms with Gasteiger partial charge in [-0.3, -0.25) is 14.5 Å². The number of nitrogens with one attached hydrogen (secondary N) is 2. The molecule has 2 amide bonds. The van der Waals surface area contributed by atoms with Crippen LogP contribution >= 0.6 is 11.6 Å². The van der Waals surface area contributed by atoms with Crippen molar-refractivity contribution in [1.82, 2.24) is 10.2 Å².